The number of carbonyl (C=O) groups is 2. The molecule has 0 spiro atoms. The third kappa shape index (κ3) is 4.29. The van der Waals surface area contributed by atoms with Crippen LogP contribution in [0.1, 0.15) is 31.2 Å². The van der Waals surface area contributed by atoms with Gasteiger partial charge in [0.15, 0.2) is 0 Å². The Morgan fingerprint density at radius 1 is 1.19 bits per heavy atom. The van der Waals surface area contributed by atoms with Gasteiger partial charge in [-0.3, -0.25) is 9.59 Å². The molecule has 21 heavy (non-hydrogen) atoms. The molecule has 2 amide bonds. The van der Waals surface area contributed by atoms with E-state index in [4.69, 9.17) is 0 Å². The summed E-state index contributed by atoms with van der Waals surface area (Å²) in [5.41, 5.74) is 1.54. The van der Waals surface area contributed by atoms with Gasteiger partial charge in [-0.25, -0.2) is 0 Å². The highest BCUT2D eigenvalue weighted by molar-refractivity contribution is 6.39. The second-order valence-electron chi connectivity index (χ2n) is 5.59. The van der Waals surface area contributed by atoms with Gasteiger partial charge in [-0.2, -0.15) is 0 Å². The summed E-state index contributed by atoms with van der Waals surface area (Å²) in [7, 11) is 0. The largest absolute Gasteiger partial charge is 0.393 e. The van der Waals surface area contributed by atoms with E-state index in [0.29, 0.717) is 12.2 Å². The quantitative estimate of drug-likeness (QED) is 0.740. The van der Waals surface area contributed by atoms with Crippen LogP contribution >= 0.6 is 0 Å². The standard InChI is InChI=1S/C16H22N2O3/c1-11-6-2-4-8-13(11)18-16(21)15(20)17-10-12-7-3-5-9-14(12)19/h2,4,6,8,12,14,19H,3,5,7,9-10H2,1H3,(H,17,20)(H,18,21)/t12-,14-/m0/s1. The number of para-hydroxylation sites is 1. The summed E-state index contributed by atoms with van der Waals surface area (Å²) in [6.45, 7) is 2.22. The van der Waals surface area contributed by atoms with Gasteiger partial charge in [0.05, 0.1) is 6.10 Å². The van der Waals surface area contributed by atoms with E-state index in [2.05, 4.69) is 10.6 Å². The molecule has 1 aliphatic carbocycles. The Morgan fingerprint density at radius 3 is 2.62 bits per heavy atom. The van der Waals surface area contributed by atoms with Crippen LogP contribution in [0.5, 0.6) is 0 Å². The molecule has 0 radical (unpaired) electrons. The maximum Gasteiger partial charge on any atom is 0.313 e. The van der Waals surface area contributed by atoms with Crippen LogP contribution in [-0.4, -0.2) is 29.6 Å². The first kappa shape index (κ1) is 15.5. The van der Waals surface area contributed by atoms with Crippen LogP contribution in [0.3, 0.4) is 0 Å². The van der Waals surface area contributed by atoms with Gasteiger partial charge in [-0.05, 0) is 31.4 Å². The summed E-state index contributed by atoms with van der Waals surface area (Å²) in [5.74, 6) is -1.28. The van der Waals surface area contributed by atoms with E-state index < -0.39 is 11.8 Å². The Morgan fingerprint density at radius 2 is 1.90 bits per heavy atom. The van der Waals surface area contributed by atoms with Crippen molar-refractivity contribution >= 4 is 17.5 Å². The molecule has 1 fully saturated rings. The van der Waals surface area contributed by atoms with Crippen molar-refractivity contribution in [1.29, 1.82) is 0 Å². The Labute approximate surface area is 124 Å². The molecule has 0 saturated heterocycles. The van der Waals surface area contributed by atoms with E-state index in [1.165, 1.54) is 0 Å². The van der Waals surface area contributed by atoms with Crippen LogP contribution in [0.4, 0.5) is 5.69 Å². The van der Waals surface area contributed by atoms with Crippen LogP contribution < -0.4 is 10.6 Å². The van der Waals surface area contributed by atoms with Gasteiger partial charge in [0.2, 0.25) is 0 Å². The second kappa shape index (κ2) is 7.22. The third-order valence-electron chi connectivity index (χ3n) is 3.99. The molecule has 1 aliphatic rings. The summed E-state index contributed by atoms with van der Waals surface area (Å²) in [6.07, 6.45) is 3.38. The zero-order chi connectivity index (χ0) is 15.2. The molecule has 1 aromatic carbocycles. The number of carbonyl (C=O) groups excluding carboxylic acids is 2. The molecule has 0 heterocycles. The lowest BCUT2D eigenvalue weighted by molar-refractivity contribution is -0.136. The fraction of sp³-hybridized carbons (Fsp3) is 0.500. The van der Waals surface area contributed by atoms with Gasteiger partial charge >= 0.3 is 11.8 Å². The number of nitrogens with one attached hydrogen (secondary N) is 2. The molecule has 3 N–H and O–H groups in total. The molecule has 2 rings (SSSR count). The van der Waals surface area contributed by atoms with Crippen LogP contribution in [0.15, 0.2) is 24.3 Å². The maximum absolute atomic E-state index is 11.8. The molecule has 0 aliphatic heterocycles. The second-order valence-corrected chi connectivity index (χ2v) is 5.59. The maximum atomic E-state index is 11.8. The van der Waals surface area contributed by atoms with E-state index in [1.807, 2.05) is 19.1 Å². The summed E-state index contributed by atoms with van der Waals surface area (Å²) in [4.78, 5) is 23.6. The summed E-state index contributed by atoms with van der Waals surface area (Å²) in [5, 5.41) is 15.0. The molecule has 5 heteroatoms. The van der Waals surface area contributed by atoms with Crippen molar-refractivity contribution in [3.8, 4) is 0 Å². The van der Waals surface area contributed by atoms with Crippen molar-refractivity contribution in [2.75, 3.05) is 11.9 Å². The number of aryl methyl sites for hydroxylation is 1. The summed E-state index contributed by atoms with van der Waals surface area (Å²) >= 11 is 0. The average molecular weight is 290 g/mol. The first-order valence-corrected chi connectivity index (χ1v) is 7.41. The Bertz CT molecular complexity index is 516. The Kier molecular flexibility index (Phi) is 5.33. The first-order valence-electron chi connectivity index (χ1n) is 7.41. The van der Waals surface area contributed by atoms with E-state index in [1.54, 1.807) is 12.1 Å². The van der Waals surface area contributed by atoms with Gasteiger partial charge < -0.3 is 15.7 Å². The molecular weight excluding hydrogens is 268 g/mol. The SMILES string of the molecule is Cc1ccccc1NC(=O)C(=O)NC[C@@H]1CCCC[C@@H]1O. The number of hydrogen-bond acceptors (Lipinski definition) is 3. The van der Waals surface area contributed by atoms with Gasteiger partial charge in [0, 0.05) is 18.2 Å². The lowest BCUT2D eigenvalue weighted by Crippen LogP contribution is -2.41. The predicted molar refractivity (Wildman–Crippen MR) is 80.8 cm³/mol. The van der Waals surface area contributed by atoms with Crippen molar-refractivity contribution in [2.45, 2.75) is 38.7 Å². The van der Waals surface area contributed by atoms with Crippen LogP contribution in [0, 0.1) is 12.8 Å². The lowest BCUT2D eigenvalue weighted by atomic mass is 9.86. The number of rotatable bonds is 3. The highest BCUT2D eigenvalue weighted by Gasteiger charge is 2.24. The van der Waals surface area contributed by atoms with E-state index in [9.17, 15) is 14.7 Å². The average Bonchev–Trinajstić information content (AvgIpc) is 2.48. The third-order valence-corrected chi connectivity index (χ3v) is 3.99. The van der Waals surface area contributed by atoms with Crippen molar-refractivity contribution in [1.82, 2.24) is 5.32 Å². The highest BCUT2D eigenvalue weighted by Crippen LogP contribution is 2.23. The monoisotopic (exact) mass is 290 g/mol. The smallest absolute Gasteiger partial charge is 0.313 e. The van der Waals surface area contributed by atoms with Gasteiger partial charge in [-0.15, -0.1) is 0 Å². The minimum Gasteiger partial charge on any atom is -0.393 e. The van der Waals surface area contributed by atoms with Crippen molar-refractivity contribution in [2.24, 2.45) is 5.92 Å². The number of amides is 2. The molecule has 0 unspecified atom stereocenters. The molecule has 0 bridgehead atoms. The normalized spacial score (nSPS) is 21.6. The van der Waals surface area contributed by atoms with Gasteiger partial charge in [0.1, 0.15) is 0 Å². The molecule has 2 atom stereocenters. The van der Waals surface area contributed by atoms with Gasteiger partial charge in [0.25, 0.3) is 0 Å². The fourth-order valence-electron chi connectivity index (χ4n) is 2.62. The van der Waals surface area contributed by atoms with Crippen LogP contribution in [-0.2, 0) is 9.59 Å². The fourth-order valence-corrected chi connectivity index (χ4v) is 2.62. The number of anilines is 1. The number of aliphatic hydroxyl groups is 1. The van der Waals surface area contributed by atoms with Crippen LogP contribution in [0.25, 0.3) is 0 Å². The predicted octanol–water partition coefficient (Wildman–Crippen LogP) is 1.60. The van der Waals surface area contributed by atoms with Crippen molar-refractivity contribution in [3.63, 3.8) is 0 Å². The number of benzene rings is 1. The van der Waals surface area contributed by atoms with Crippen molar-refractivity contribution < 1.29 is 14.7 Å². The zero-order valence-electron chi connectivity index (χ0n) is 12.3. The molecule has 0 aromatic heterocycles. The van der Waals surface area contributed by atoms with E-state index >= 15 is 0 Å². The lowest BCUT2D eigenvalue weighted by Gasteiger charge is -2.27. The summed E-state index contributed by atoms with van der Waals surface area (Å²) < 4.78 is 0. The Balaban J connectivity index is 1.83. The highest BCUT2D eigenvalue weighted by atomic mass is 16.3. The minimum atomic E-state index is -0.672. The molecule has 1 aromatic rings. The van der Waals surface area contributed by atoms with Crippen LogP contribution in [0.2, 0.25) is 0 Å². The number of aliphatic hydroxyl groups excluding tert-OH is 1. The zero-order valence-corrected chi connectivity index (χ0v) is 12.3. The van der Waals surface area contributed by atoms with E-state index in [0.717, 1.165) is 31.2 Å². The molecule has 1 saturated carbocycles. The van der Waals surface area contributed by atoms with Crippen molar-refractivity contribution in [3.05, 3.63) is 29.8 Å². The molecule has 5 nitrogen and oxygen atoms in total. The summed E-state index contributed by atoms with van der Waals surface area (Å²) in [6, 6.07) is 7.30. The molecular formula is C16H22N2O3. The molecule has 114 valence electrons. The number of hydrogen-bond donors (Lipinski definition) is 3. The first-order chi connectivity index (χ1) is 10.1. The topological polar surface area (TPSA) is 78.4 Å². The Hall–Kier alpha value is -1.88. The van der Waals surface area contributed by atoms with Gasteiger partial charge in [-0.1, -0.05) is 31.0 Å². The van der Waals surface area contributed by atoms with E-state index in [-0.39, 0.29) is 12.0 Å². The minimum absolute atomic E-state index is 0.0500.